The Morgan fingerprint density at radius 3 is 2.67 bits per heavy atom. The molecule has 4 N–H and O–H groups in total. The molecular formula is C36H36ClF3N8O2S. The fraction of sp³-hybridized carbons (Fsp3) is 0.333. The SMILES string of the molecule is C=C.COc1nc2c3c(c(Cl)c(-c4ccc(F)c5sc(N)c(C#N)c45)c(F)c3n1)OCCN2C(C)c1cccnc1N.FC1CC2CCCN2C1. The molecule has 2 aromatic carbocycles. The third kappa shape index (κ3) is 6.34. The normalized spacial score (nSPS) is 18.5. The van der Waals surface area contributed by atoms with Gasteiger partial charge in [0.15, 0.2) is 11.6 Å². The molecule has 0 saturated carbocycles. The molecule has 5 aromatic rings. The van der Waals surface area contributed by atoms with Gasteiger partial charge in [-0.1, -0.05) is 23.7 Å². The summed E-state index contributed by atoms with van der Waals surface area (Å²) in [6.07, 6.45) is 4.41. The van der Waals surface area contributed by atoms with Crippen LogP contribution in [-0.4, -0.2) is 65.4 Å². The summed E-state index contributed by atoms with van der Waals surface area (Å²) in [5.74, 6) is -0.570. The number of halogens is 4. The smallest absolute Gasteiger partial charge is 0.318 e. The number of nitriles is 1. The first-order chi connectivity index (χ1) is 24.6. The second kappa shape index (κ2) is 14.8. The molecule has 0 bridgehead atoms. The van der Waals surface area contributed by atoms with E-state index in [1.54, 1.807) is 12.3 Å². The molecule has 8 rings (SSSR count). The number of methoxy groups -OCH3 is 1. The van der Waals surface area contributed by atoms with E-state index in [4.69, 9.17) is 32.5 Å². The summed E-state index contributed by atoms with van der Waals surface area (Å²) >= 11 is 7.79. The third-order valence-electron chi connectivity index (χ3n) is 9.42. The highest BCUT2D eigenvalue weighted by atomic mass is 35.5. The number of thiophene rings is 1. The Morgan fingerprint density at radius 1 is 1.18 bits per heavy atom. The number of benzene rings is 2. The van der Waals surface area contributed by atoms with Gasteiger partial charge >= 0.3 is 6.01 Å². The van der Waals surface area contributed by atoms with Crippen molar-refractivity contribution in [1.82, 2.24) is 19.9 Å². The number of fused-ring (bicyclic) bond motifs is 2. The lowest BCUT2D eigenvalue weighted by molar-refractivity contribution is 0.292. The first kappa shape index (κ1) is 36.0. The first-order valence-corrected chi connectivity index (χ1v) is 17.5. The molecule has 3 aromatic heterocycles. The predicted octanol–water partition coefficient (Wildman–Crippen LogP) is 7.84. The molecular weight excluding hydrogens is 701 g/mol. The molecule has 10 nitrogen and oxygen atoms in total. The summed E-state index contributed by atoms with van der Waals surface area (Å²) in [5.41, 5.74) is 12.9. The highest BCUT2D eigenvalue weighted by molar-refractivity contribution is 7.23. The van der Waals surface area contributed by atoms with Gasteiger partial charge in [-0.2, -0.15) is 15.2 Å². The molecule has 0 amide bonds. The second-order valence-corrected chi connectivity index (χ2v) is 13.6. The van der Waals surface area contributed by atoms with E-state index in [-0.39, 0.29) is 72.1 Å². The maximum absolute atomic E-state index is 16.6. The molecule has 3 aliphatic rings. The van der Waals surface area contributed by atoms with Crippen LogP contribution in [0.25, 0.3) is 32.1 Å². The molecule has 0 aliphatic carbocycles. The van der Waals surface area contributed by atoms with Crippen LogP contribution in [-0.2, 0) is 0 Å². The number of rotatable bonds is 4. The topological polar surface area (TPSA) is 139 Å². The van der Waals surface area contributed by atoms with Crippen molar-refractivity contribution < 1.29 is 22.6 Å². The summed E-state index contributed by atoms with van der Waals surface area (Å²) in [6, 6.07) is 8.37. The van der Waals surface area contributed by atoms with Crippen LogP contribution in [0.1, 0.15) is 43.4 Å². The summed E-state index contributed by atoms with van der Waals surface area (Å²) in [4.78, 5) is 17.3. The van der Waals surface area contributed by atoms with E-state index >= 15 is 4.39 Å². The van der Waals surface area contributed by atoms with Crippen LogP contribution < -0.4 is 25.8 Å². The van der Waals surface area contributed by atoms with Gasteiger partial charge in [0, 0.05) is 35.3 Å². The van der Waals surface area contributed by atoms with Crippen molar-refractivity contribution in [2.45, 2.75) is 44.4 Å². The van der Waals surface area contributed by atoms with Crippen molar-refractivity contribution >= 4 is 60.6 Å². The van der Waals surface area contributed by atoms with Gasteiger partial charge in [0.1, 0.15) is 46.8 Å². The molecule has 0 spiro atoms. The van der Waals surface area contributed by atoms with Crippen molar-refractivity contribution in [3.05, 3.63) is 71.4 Å². The average molecular weight is 737 g/mol. The summed E-state index contributed by atoms with van der Waals surface area (Å²) in [5, 5.41) is 10.2. The Bertz CT molecular complexity index is 2150. The zero-order valence-electron chi connectivity index (χ0n) is 28.1. The molecule has 51 heavy (non-hydrogen) atoms. The first-order valence-electron chi connectivity index (χ1n) is 16.3. The lowest BCUT2D eigenvalue weighted by Crippen LogP contribution is -2.31. The lowest BCUT2D eigenvalue weighted by Gasteiger charge is -2.30. The van der Waals surface area contributed by atoms with Gasteiger partial charge in [-0.05, 0) is 50.4 Å². The monoisotopic (exact) mass is 736 g/mol. The van der Waals surface area contributed by atoms with Crippen molar-refractivity contribution in [2.24, 2.45) is 0 Å². The van der Waals surface area contributed by atoms with Gasteiger partial charge < -0.3 is 25.8 Å². The van der Waals surface area contributed by atoms with Gasteiger partial charge in [-0.25, -0.2) is 18.2 Å². The van der Waals surface area contributed by atoms with E-state index in [0.717, 1.165) is 29.9 Å². The quantitative estimate of drug-likeness (QED) is 0.176. The van der Waals surface area contributed by atoms with Crippen molar-refractivity contribution in [3.63, 3.8) is 0 Å². The van der Waals surface area contributed by atoms with Crippen molar-refractivity contribution in [1.29, 1.82) is 5.26 Å². The van der Waals surface area contributed by atoms with E-state index in [2.05, 4.69) is 33.0 Å². The molecule has 3 unspecified atom stereocenters. The van der Waals surface area contributed by atoms with E-state index in [9.17, 15) is 14.0 Å². The molecule has 3 aliphatic heterocycles. The largest absolute Gasteiger partial charge is 0.489 e. The minimum atomic E-state index is -0.814. The highest BCUT2D eigenvalue weighted by Gasteiger charge is 2.35. The number of nitrogens with zero attached hydrogens (tertiary/aromatic N) is 6. The second-order valence-electron chi connectivity index (χ2n) is 12.2. The van der Waals surface area contributed by atoms with E-state index in [1.807, 2.05) is 24.0 Å². The molecule has 15 heteroatoms. The van der Waals surface area contributed by atoms with E-state index in [1.165, 1.54) is 32.1 Å². The molecule has 2 saturated heterocycles. The Balaban J connectivity index is 0.000000348. The van der Waals surface area contributed by atoms with Gasteiger partial charge in [-0.15, -0.1) is 24.5 Å². The molecule has 3 atom stereocenters. The van der Waals surface area contributed by atoms with Crippen LogP contribution in [0.4, 0.5) is 29.8 Å². The fourth-order valence-corrected chi connectivity index (χ4v) is 8.40. The van der Waals surface area contributed by atoms with Crippen LogP contribution in [0, 0.1) is 23.0 Å². The standard InChI is InChI=1S/C27H20ClF2N7O2S.C7H12FN.C2H4/c1-11(12-4-3-7-34-24(12)32)37-8-9-39-22-18-21(35-27(38-2)36-26(18)37)20(30)17(19(22)28)13-5-6-15(29)23-16(13)14(10-31)25(33)40-23;8-6-4-7-2-1-3-9(7)5-6;1-2/h3-7,11H,8-9,33H2,1-2H3,(H2,32,34);6-7H,1-5H2;1-2H2. The van der Waals surface area contributed by atoms with E-state index in [0.29, 0.717) is 30.8 Å². The Morgan fingerprint density at radius 2 is 1.96 bits per heavy atom. The Labute approximate surface area is 302 Å². The summed E-state index contributed by atoms with van der Waals surface area (Å²) < 4.78 is 55.6. The van der Waals surface area contributed by atoms with Crippen LogP contribution in [0.15, 0.2) is 43.6 Å². The minimum absolute atomic E-state index is 0.0341. The number of hydrogen-bond donors (Lipinski definition) is 2. The lowest BCUT2D eigenvalue weighted by atomic mass is 9.96. The van der Waals surface area contributed by atoms with E-state index < -0.39 is 17.8 Å². The van der Waals surface area contributed by atoms with Gasteiger partial charge in [0.2, 0.25) is 0 Å². The van der Waals surface area contributed by atoms with Crippen molar-refractivity contribution in [3.8, 4) is 29.0 Å². The Kier molecular flexibility index (Phi) is 10.4. The number of nitrogen functional groups attached to an aromatic ring is 2. The number of ether oxygens (including phenoxy) is 2. The number of hydrogen-bond acceptors (Lipinski definition) is 11. The summed E-state index contributed by atoms with van der Waals surface area (Å²) in [7, 11) is 1.38. The third-order valence-corrected chi connectivity index (χ3v) is 10.8. The van der Waals surface area contributed by atoms with Gasteiger partial charge in [-0.3, -0.25) is 4.90 Å². The number of anilines is 3. The molecule has 2 fully saturated rings. The molecule has 0 radical (unpaired) electrons. The summed E-state index contributed by atoms with van der Waals surface area (Å²) in [6.45, 7) is 10.3. The Hall–Kier alpha value is -4.84. The number of nitrogens with two attached hydrogens (primary N) is 2. The average Bonchev–Trinajstić information content (AvgIpc) is 3.78. The molecule has 266 valence electrons. The zero-order valence-corrected chi connectivity index (χ0v) is 29.6. The number of pyridine rings is 1. The minimum Gasteiger partial charge on any atom is -0.489 e. The maximum atomic E-state index is 16.6. The number of aromatic nitrogens is 3. The van der Waals surface area contributed by atoms with Crippen LogP contribution in [0.5, 0.6) is 11.8 Å². The predicted molar refractivity (Wildman–Crippen MR) is 196 cm³/mol. The van der Waals surface area contributed by atoms with Crippen LogP contribution >= 0.6 is 22.9 Å². The van der Waals surface area contributed by atoms with Crippen LogP contribution in [0.2, 0.25) is 5.02 Å². The fourth-order valence-electron chi connectivity index (χ4n) is 7.12. The van der Waals surface area contributed by atoms with Crippen molar-refractivity contribution in [2.75, 3.05) is 49.7 Å². The highest BCUT2D eigenvalue weighted by Crippen LogP contribution is 2.51. The molecule has 6 heterocycles. The van der Waals surface area contributed by atoms with Crippen LogP contribution in [0.3, 0.4) is 0 Å². The van der Waals surface area contributed by atoms with Gasteiger partial charge in [0.25, 0.3) is 0 Å². The van der Waals surface area contributed by atoms with Gasteiger partial charge in [0.05, 0.1) is 40.4 Å². The zero-order chi connectivity index (χ0) is 36.6. The maximum Gasteiger partial charge on any atom is 0.318 e. The number of alkyl halides is 1.